The first-order chi connectivity index (χ1) is 64.9. The van der Waals surface area contributed by atoms with Crippen LogP contribution in [0, 0.1) is 0 Å². The van der Waals surface area contributed by atoms with Gasteiger partial charge in [0.2, 0.25) is 11.8 Å². The van der Waals surface area contributed by atoms with Crippen molar-refractivity contribution in [3.63, 3.8) is 0 Å². The number of fused-ring (bicyclic) bond motifs is 2. The van der Waals surface area contributed by atoms with E-state index in [0.29, 0.717) is 102 Å². The molecule has 6 rings (SSSR count). The van der Waals surface area contributed by atoms with Crippen molar-refractivity contribution in [2.75, 3.05) is 66.5 Å². The number of carbonyl (C=O) groups excluding carboxylic acids is 2. The first-order valence-electron chi connectivity index (χ1n) is 43.4. The molecule has 9 atom stereocenters. The van der Waals surface area contributed by atoms with Crippen molar-refractivity contribution >= 4 is 111 Å². The summed E-state index contributed by atoms with van der Waals surface area (Å²) in [5.74, 6) is -12.9. The number of nitrogens with two attached hydrogens (primary N) is 17. The Morgan fingerprint density at radius 1 is 0.338 bits per heavy atom. The molecule has 0 spiro atoms. The number of benzene rings is 6. The second-order valence-electron chi connectivity index (χ2n) is 30.4. The molecule has 0 aromatic heterocycles. The molecule has 0 radical (unpaired) electrons. The van der Waals surface area contributed by atoms with Gasteiger partial charge in [0, 0.05) is 59.2 Å². The van der Waals surface area contributed by atoms with Crippen molar-refractivity contribution in [2.45, 2.75) is 210 Å². The molecule has 2 amide bonds. The summed E-state index contributed by atoms with van der Waals surface area (Å²) in [7, 11) is 3.99. The fourth-order valence-corrected chi connectivity index (χ4v) is 9.38. The first kappa shape index (κ1) is 139. The number of hydrogen-bond donors (Lipinski definition) is 33. The fraction of sp³-hybridized carbons (Fsp3) is 0.478. The summed E-state index contributed by atoms with van der Waals surface area (Å²) < 4.78 is 0. The van der Waals surface area contributed by atoms with E-state index in [9.17, 15) is 71.9 Å². The molecule has 0 fully saturated rings. The number of nitrogens with one attached hydrogen (secondary N) is 3. The molecule has 0 aliphatic rings. The summed E-state index contributed by atoms with van der Waals surface area (Å²) in [5, 5.41) is 121. The second-order valence-corrected chi connectivity index (χ2v) is 30.4. The lowest BCUT2D eigenvalue weighted by atomic mass is 9.99. The number of carbonyl (C=O) groups is 15. The Balaban J connectivity index is -0.000000274. The number of rotatable bonds is 45. The minimum Gasteiger partial charge on any atom is -0.481 e. The van der Waals surface area contributed by atoms with Gasteiger partial charge in [0.1, 0.15) is 54.4 Å². The van der Waals surface area contributed by atoms with Crippen LogP contribution in [-0.2, 0) is 99.5 Å². The average Bonchev–Trinajstić information content (AvgIpc) is 0.830. The number of unbranched alkanes of at least 4 members (excludes halogenated alkanes) is 3. The molecule has 786 valence electrons. The van der Waals surface area contributed by atoms with Crippen molar-refractivity contribution in [3.05, 3.63) is 167 Å². The number of carboxylic acid groups (broad SMARTS) is 13. The Labute approximate surface area is 807 Å². The third kappa shape index (κ3) is 86.5. The van der Waals surface area contributed by atoms with Crippen LogP contribution in [0.1, 0.15) is 149 Å². The summed E-state index contributed by atoms with van der Waals surface area (Å²) in [6.07, 6.45) is 7.93. The standard InChI is InChI=1S/2C13H13NO2.C9H20N2O2.C9H11NO2.C8H16N2O3.C8H18N2O2.C8H9NO2.C5H10N2O3.C5H12N2O2.C4H10N2O2.C3H8N2O2.C3H7NO2.C2H6N2O2/c14-12(13(15)16)8-10-6-3-5-9-4-1-2-7-11(9)10;14-12(13(15)16)8-9-5-6-10-3-1-2-4-11(10)7-9;1-7(2)11-6-4-3-5-8(10)9(12)13;10-6-8-3-1-7(2-4-8)5-9(11)12;1-6(11)10-5-3-2-4-7(9)8(12)13;1-10(2)6-4-3-5-7(9)8(11)12;9-5-6-1-3-7(4-2-6)8(10)11;1-3(8)7-2-4(6)5(9)10;6-3-1-2-4(7)5(8)9;5-2-1-3(6)4(7)8;4-1-2(5)3(6)7;4-2-1-3(5)6;3-1(4)2(5)6/h2*1-7,12H,8,14H2,(H,15,16);7-8,11H,3-6,10H2,1-2H3,(H,12,13);1-4H,5-6,10H2,(H,11,12);7H,2-5,9H2,1H3,(H,10,11)(H,12,13);7H,3-6,9H2,1-2H3,(H,11,12);1-4H,5,9H2,(H,10,11);4H,2,6H2,1H3,(H,7,8)(H,9,10);4H,1-3,6-7H2,(H,8,9);3H,1-2,5-6H2,(H,7,8);2H,1,4-5H2,(H,6,7);1-2,4H2,(H,5,6);1H,3-4H2,(H,5,6)/t2*12-;8-;;2*7-;;2*4-;3-;2-;;/m000.00.0000../s1. The van der Waals surface area contributed by atoms with Crippen molar-refractivity contribution < 1.29 is 138 Å². The molecule has 0 heterocycles. The maximum atomic E-state index is 10.7. The van der Waals surface area contributed by atoms with Crippen LogP contribution in [0.4, 0.5) is 0 Å². The molecular formula is C90H153N21O28. The number of hydrogen-bond acceptors (Lipinski definition) is 34. The van der Waals surface area contributed by atoms with Crippen molar-refractivity contribution in [3.8, 4) is 0 Å². The number of aromatic carboxylic acids is 1. The van der Waals surface area contributed by atoms with E-state index in [0.717, 1.165) is 94.6 Å². The van der Waals surface area contributed by atoms with Gasteiger partial charge >= 0.3 is 77.6 Å². The lowest BCUT2D eigenvalue weighted by Gasteiger charge is -2.09. The summed E-state index contributed by atoms with van der Waals surface area (Å²) in [6, 6.07) is 34.6. The zero-order valence-electron chi connectivity index (χ0n) is 79.6. The smallest absolute Gasteiger partial charge is 0.335 e. The van der Waals surface area contributed by atoms with Gasteiger partial charge in [-0.25, -0.2) is 9.59 Å². The molecule has 0 aliphatic heterocycles. The summed E-state index contributed by atoms with van der Waals surface area (Å²) in [4.78, 5) is 154. The van der Waals surface area contributed by atoms with Crippen LogP contribution in [0.25, 0.3) is 21.5 Å². The molecule has 6 aromatic rings. The molecule has 0 saturated heterocycles. The van der Waals surface area contributed by atoms with Gasteiger partial charge in [0.05, 0.1) is 18.4 Å². The molecule has 0 bridgehead atoms. The zero-order valence-corrected chi connectivity index (χ0v) is 79.6. The van der Waals surface area contributed by atoms with Crippen molar-refractivity contribution in [2.24, 2.45) is 97.5 Å². The zero-order chi connectivity index (χ0) is 108. The van der Waals surface area contributed by atoms with Gasteiger partial charge in [0.15, 0.2) is 6.17 Å². The lowest BCUT2D eigenvalue weighted by molar-refractivity contribution is -0.139. The molecule has 0 saturated carbocycles. The van der Waals surface area contributed by atoms with Gasteiger partial charge in [-0.2, -0.15) is 0 Å². The Morgan fingerprint density at radius 3 is 1.06 bits per heavy atom. The number of nitrogens with zero attached hydrogens (tertiary/aromatic N) is 1. The van der Waals surface area contributed by atoms with Crippen LogP contribution >= 0.6 is 0 Å². The maximum absolute atomic E-state index is 10.7. The Kier molecular flexibility index (Phi) is 86.8. The number of amides is 2. The minimum absolute atomic E-state index is 0.00463. The van der Waals surface area contributed by atoms with E-state index < -0.39 is 138 Å². The van der Waals surface area contributed by atoms with E-state index in [-0.39, 0.29) is 44.3 Å². The van der Waals surface area contributed by atoms with Gasteiger partial charge in [-0.1, -0.05) is 148 Å². The average molecular weight is 1980 g/mol. The van der Waals surface area contributed by atoms with E-state index in [1.165, 1.54) is 13.8 Å². The molecular weight excluding hydrogens is 1820 g/mol. The van der Waals surface area contributed by atoms with Gasteiger partial charge in [0.25, 0.3) is 0 Å². The fourth-order valence-electron chi connectivity index (χ4n) is 9.38. The van der Waals surface area contributed by atoms with E-state index in [2.05, 4.69) is 46.2 Å². The molecule has 49 heteroatoms. The molecule has 50 N–H and O–H groups in total. The van der Waals surface area contributed by atoms with Crippen LogP contribution in [0.3, 0.4) is 0 Å². The number of aliphatic carboxylic acids is 12. The monoisotopic (exact) mass is 1980 g/mol. The molecule has 49 nitrogen and oxygen atoms in total. The molecule has 6 aromatic carbocycles. The third-order valence-corrected chi connectivity index (χ3v) is 17.3. The SMILES string of the molecule is CC(=O)NCCCC[C@H](N)C(=O)O.CC(=O)NC[C@H](N)C(=O)O.CC(C)NCCCC[C@H](N)C(=O)O.CN(C)CCCC[C@H](N)C(=O)O.NC(N)C(=O)O.NCCC(=O)O.NCCC[C@H](N)C(=O)O.NCC[C@H](N)C(=O)O.NC[C@H](N)C(=O)O.NCc1ccc(C(=O)O)cc1.NCc1ccc(CC(=O)O)cc1.N[C@@H](Cc1ccc2ccccc2c1)C(=O)O.N[C@@H](Cc1cccc2ccccc12)C(=O)O. The Hall–Kier alpha value is -12.9. The van der Waals surface area contributed by atoms with Crippen LogP contribution < -0.4 is 113 Å². The van der Waals surface area contributed by atoms with Crippen molar-refractivity contribution in [1.82, 2.24) is 20.9 Å². The summed E-state index contributed by atoms with van der Waals surface area (Å²) in [6.45, 7) is 11.4. The van der Waals surface area contributed by atoms with Crippen LogP contribution in [0.5, 0.6) is 0 Å². The Bertz CT molecular complexity index is 4440. The lowest BCUT2D eigenvalue weighted by Crippen LogP contribution is -2.41. The maximum Gasteiger partial charge on any atom is 0.335 e. The summed E-state index contributed by atoms with van der Waals surface area (Å²) >= 11 is 0. The minimum atomic E-state index is -1.23. The first-order valence-corrected chi connectivity index (χ1v) is 43.4. The Morgan fingerprint density at radius 2 is 0.712 bits per heavy atom. The van der Waals surface area contributed by atoms with Gasteiger partial charge < -0.3 is 185 Å². The number of carboxylic acids is 13. The van der Waals surface area contributed by atoms with Crippen LogP contribution in [0.15, 0.2) is 133 Å². The van der Waals surface area contributed by atoms with Crippen LogP contribution in [0.2, 0.25) is 0 Å². The van der Waals surface area contributed by atoms with E-state index in [1.807, 2.05) is 111 Å². The third-order valence-electron chi connectivity index (χ3n) is 17.3. The highest BCUT2D eigenvalue weighted by Gasteiger charge is 2.18. The van der Waals surface area contributed by atoms with Gasteiger partial charge in [-0.15, -0.1) is 0 Å². The van der Waals surface area contributed by atoms with Crippen LogP contribution in [-0.4, -0.2) is 294 Å². The van der Waals surface area contributed by atoms with E-state index in [4.69, 9.17) is 152 Å². The highest BCUT2D eigenvalue weighted by atomic mass is 16.4. The molecule has 0 aliphatic carbocycles. The highest BCUT2D eigenvalue weighted by molar-refractivity contribution is 5.88. The van der Waals surface area contributed by atoms with E-state index >= 15 is 0 Å². The predicted molar refractivity (Wildman–Crippen MR) is 526 cm³/mol. The normalized spacial score (nSPS) is 11.9. The molecule has 0 unspecified atom stereocenters. The predicted octanol–water partition coefficient (Wildman–Crippen LogP) is -1.88. The van der Waals surface area contributed by atoms with Gasteiger partial charge in [-0.05, 0) is 179 Å². The van der Waals surface area contributed by atoms with E-state index in [1.54, 1.807) is 36.4 Å². The van der Waals surface area contributed by atoms with Gasteiger partial charge in [-0.3, -0.25) is 62.3 Å². The van der Waals surface area contributed by atoms with Crippen molar-refractivity contribution in [1.29, 1.82) is 0 Å². The molecule has 139 heavy (non-hydrogen) atoms. The second kappa shape index (κ2) is 86.7. The highest BCUT2D eigenvalue weighted by Crippen LogP contribution is 2.20. The topological polar surface area (TPSA) is 1000 Å². The largest absolute Gasteiger partial charge is 0.481 e. The quantitative estimate of drug-likeness (QED) is 0.0147. The summed E-state index contributed by atoms with van der Waals surface area (Å²) in [5.41, 5.74) is 91.9.